The van der Waals surface area contributed by atoms with Crippen molar-refractivity contribution in [2.24, 2.45) is 4.99 Å². The number of ether oxygens (including phenoxy) is 1. The molecule has 1 fully saturated rings. The van der Waals surface area contributed by atoms with E-state index >= 15 is 0 Å². The van der Waals surface area contributed by atoms with Gasteiger partial charge in [-0.3, -0.25) is 14.8 Å². The minimum atomic E-state index is 0.304. The third kappa shape index (κ3) is 7.05. The summed E-state index contributed by atoms with van der Waals surface area (Å²) in [5.41, 5.74) is 4.00. The van der Waals surface area contributed by atoms with Gasteiger partial charge in [0, 0.05) is 39.8 Å². The molecular formula is C26H39N5O. The molecule has 174 valence electrons. The Kier molecular flexibility index (Phi) is 10.0. The normalized spacial score (nSPS) is 16.2. The van der Waals surface area contributed by atoms with Gasteiger partial charge in [-0.05, 0) is 29.8 Å². The zero-order valence-electron chi connectivity index (χ0n) is 19.9. The van der Waals surface area contributed by atoms with Crippen LogP contribution in [0.2, 0.25) is 0 Å². The molecule has 1 saturated heterocycles. The van der Waals surface area contributed by atoms with Crippen molar-refractivity contribution in [3.8, 4) is 0 Å². The monoisotopic (exact) mass is 437 g/mol. The largest absolute Gasteiger partial charge is 0.379 e. The second kappa shape index (κ2) is 13.2. The van der Waals surface area contributed by atoms with Crippen LogP contribution in [0.15, 0.2) is 59.6 Å². The zero-order chi connectivity index (χ0) is 22.6. The number of likely N-dealkylation sites (N-methyl/N-ethyl adjacent to an activating group) is 1. The lowest BCUT2D eigenvalue weighted by atomic mass is 10.1. The van der Waals surface area contributed by atoms with Crippen molar-refractivity contribution < 1.29 is 4.74 Å². The molecule has 0 radical (unpaired) electrons. The van der Waals surface area contributed by atoms with Gasteiger partial charge in [0.25, 0.3) is 0 Å². The molecule has 1 heterocycles. The molecule has 0 aromatic heterocycles. The van der Waals surface area contributed by atoms with Crippen molar-refractivity contribution in [1.82, 2.24) is 20.4 Å². The maximum atomic E-state index is 5.49. The highest BCUT2D eigenvalue weighted by Gasteiger charge is 2.18. The Labute approximate surface area is 193 Å². The van der Waals surface area contributed by atoms with E-state index in [2.05, 4.69) is 93.9 Å². The summed E-state index contributed by atoms with van der Waals surface area (Å²) in [5.74, 6) is 0.833. The molecule has 32 heavy (non-hydrogen) atoms. The fourth-order valence-corrected chi connectivity index (χ4v) is 4.27. The summed E-state index contributed by atoms with van der Waals surface area (Å²) in [5, 5.41) is 7.08. The van der Waals surface area contributed by atoms with Crippen molar-refractivity contribution in [2.45, 2.75) is 33.0 Å². The van der Waals surface area contributed by atoms with Crippen LogP contribution in [-0.4, -0.2) is 68.7 Å². The van der Waals surface area contributed by atoms with Crippen molar-refractivity contribution in [1.29, 1.82) is 0 Å². The summed E-state index contributed by atoms with van der Waals surface area (Å²) in [6.07, 6.45) is 0. The van der Waals surface area contributed by atoms with Crippen LogP contribution in [0, 0.1) is 0 Å². The molecule has 1 atom stereocenters. The number of guanidine groups is 1. The molecule has 1 aliphatic heterocycles. The molecule has 0 saturated carbocycles. The van der Waals surface area contributed by atoms with Crippen molar-refractivity contribution in [3.63, 3.8) is 0 Å². The van der Waals surface area contributed by atoms with Crippen molar-refractivity contribution in [3.05, 3.63) is 71.3 Å². The molecule has 0 aliphatic carbocycles. The van der Waals surface area contributed by atoms with Crippen LogP contribution in [0.25, 0.3) is 0 Å². The van der Waals surface area contributed by atoms with E-state index in [4.69, 9.17) is 4.74 Å². The fraction of sp³-hybridized carbons (Fsp3) is 0.500. The SMILES string of the molecule is CCN(CC)C(CNC(=NC)NCc1ccccc1CN1CCOCC1)c1ccccc1. The van der Waals surface area contributed by atoms with Crippen LogP contribution in [0.5, 0.6) is 0 Å². The van der Waals surface area contributed by atoms with E-state index in [1.807, 2.05) is 7.05 Å². The molecule has 2 aromatic carbocycles. The number of morpholine rings is 1. The first-order chi connectivity index (χ1) is 15.7. The number of nitrogens with zero attached hydrogens (tertiary/aromatic N) is 3. The van der Waals surface area contributed by atoms with Gasteiger partial charge in [0.1, 0.15) is 0 Å². The smallest absolute Gasteiger partial charge is 0.191 e. The van der Waals surface area contributed by atoms with Gasteiger partial charge in [-0.2, -0.15) is 0 Å². The second-order valence-electron chi connectivity index (χ2n) is 8.11. The zero-order valence-corrected chi connectivity index (χ0v) is 19.9. The average Bonchev–Trinajstić information content (AvgIpc) is 2.85. The molecule has 2 aromatic rings. The van der Waals surface area contributed by atoms with Crippen LogP contribution >= 0.6 is 0 Å². The maximum absolute atomic E-state index is 5.49. The highest BCUT2D eigenvalue weighted by atomic mass is 16.5. The Bertz CT molecular complexity index is 816. The van der Waals surface area contributed by atoms with Crippen LogP contribution in [0.3, 0.4) is 0 Å². The van der Waals surface area contributed by atoms with E-state index in [1.165, 1.54) is 16.7 Å². The summed E-state index contributed by atoms with van der Waals surface area (Å²) in [6.45, 7) is 12.6. The van der Waals surface area contributed by atoms with Gasteiger partial charge in [0.15, 0.2) is 5.96 Å². The Morgan fingerprint density at radius 3 is 2.28 bits per heavy atom. The third-order valence-electron chi connectivity index (χ3n) is 6.19. The minimum Gasteiger partial charge on any atom is -0.379 e. The average molecular weight is 438 g/mol. The van der Waals surface area contributed by atoms with Crippen molar-refractivity contribution in [2.75, 3.05) is 53.0 Å². The molecular weight excluding hydrogens is 398 g/mol. The van der Waals surface area contributed by atoms with Crippen LogP contribution in [-0.2, 0) is 17.8 Å². The van der Waals surface area contributed by atoms with Gasteiger partial charge in [-0.25, -0.2) is 0 Å². The Morgan fingerprint density at radius 1 is 0.969 bits per heavy atom. The molecule has 0 bridgehead atoms. The summed E-state index contributed by atoms with van der Waals surface area (Å²) < 4.78 is 5.49. The number of nitrogens with one attached hydrogen (secondary N) is 2. The van der Waals surface area contributed by atoms with E-state index in [9.17, 15) is 0 Å². The maximum Gasteiger partial charge on any atom is 0.191 e. The standard InChI is InChI=1S/C26H39N5O/c1-4-31(5-2)25(22-11-7-6-8-12-22)20-29-26(27-3)28-19-23-13-9-10-14-24(23)21-30-15-17-32-18-16-30/h6-14,25H,4-5,15-21H2,1-3H3,(H2,27,28,29). The first-order valence-electron chi connectivity index (χ1n) is 11.9. The molecule has 0 amide bonds. The topological polar surface area (TPSA) is 52.1 Å². The molecule has 6 heteroatoms. The highest BCUT2D eigenvalue weighted by Crippen LogP contribution is 2.19. The number of hydrogen-bond donors (Lipinski definition) is 2. The van der Waals surface area contributed by atoms with E-state index in [0.717, 1.165) is 65.0 Å². The molecule has 3 rings (SSSR count). The van der Waals surface area contributed by atoms with E-state index in [1.54, 1.807) is 0 Å². The van der Waals surface area contributed by atoms with E-state index in [0.29, 0.717) is 6.04 Å². The summed E-state index contributed by atoms with van der Waals surface area (Å²) >= 11 is 0. The van der Waals surface area contributed by atoms with Crippen molar-refractivity contribution >= 4 is 5.96 Å². The quantitative estimate of drug-likeness (QED) is 0.441. The fourth-order valence-electron chi connectivity index (χ4n) is 4.27. The van der Waals surface area contributed by atoms with Crippen LogP contribution in [0.1, 0.15) is 36.6 Å². The lowest BCUT2D eigenvalue weighted by Gasteiger charge is -2.31. The number of benzene rings is 2. The third-order valence-corrected chi connectivity index (χ3v) is 6.19. The summed E-state index contributed by atoms with van der Waals surface area (Å²) in [4.78, 5) is 9.42. The Hall–Kier alpha value is -2.41. The van der Waals surface area contributed by atoms with Crippen LogP contribution < -0.4 is 10.6 Å². The first-order valence-corrected chi connectivity index (χ1v) is 11.9. The number of rotatable bonds is 10. The predicted molar refractivity (Wildman–Crippen MR) is 133 cm³/mol. The van der Waals surface area contributed by atoms with Gasteiger partial charge in [0.2, 0.25) is 0 Å². The van der Waals surface area contributed by atoms with E-state index < -0.39 is 0 Å². The van der Waals surface area contributed by atoms with Gasteiger partial charge < -0.3 is 15.4 Å². The van der Waals surface area contributed by atoms with Gasteiger partial charge in [0.05, 0.1) is 19.3 Å². The number of aliphatic imine (C=N–C) groups is 1. The van der Waals surface area contributed by atoms with Crippen LogP contribution in [0.4, 0.5) is 0 Å². The molecule has 0 spiro atoms. The first kappa shape index (κ1) is 24.2. The summed E-state index contributed by atoms with van der Waals surface area (Å²) in [7, 11) is 1.84. The second-order valence-corrected chi connectivity index (χ2v) is 8.11. The molecule has 1 aliphatic rings. The minimum absolute atomic E-state index is 0.304. The van der Waals surface area contributed by atoms with Gasteiger partial charge in [-0.1, -0.05) is 68.4 Å². The van der Waals surface area contributed by atoms with Gasteiger partial charge >= 0.3 is 0 Å². The predicted octanol–water partition coefficient (Wildman–Crippen LogP) is 3.27. The lowest BCUT2D eigenvalue weighted by molar-refractivity contribution is 0.0341. The van der Waals surface area contributed by atoms with Gasteiger partial charge in [-0.15, -0.1) is 0 Å². The number of hydrogen-bond acceptors (Lipinski definition) is 4. The Morgan fingerprint density at radius 2 is 1.62 bits per heavy atom. The Balaban J connectivity index is 1.60. The lowest BCUT2D eigenvalue weighted by Crippen LogP contribution is -2.43. The molecule has 1 unspecified atom stereocenters. The highest BCUT2D eigenvalue weighted by molar-refractivity contribution is 5.79. The summed E-state index contributed by atoms with van der Waals surface area (Å²) in [6, 6.07) is 19.7. The molecule has 6 nitrogen and oxygen atoms in total. The van der Waals surface area contributed by atoms with E-state index in [-0.39, 0.29) is 0 Å². The molecule has 2 N–H and O–H groups in total.